The van der Waals surface area contributed by atoms with Crippen LogP contribution in [-0.4, -0.2) is 24.4 Å². The van der Waals surface area contributed by atoms with Crippen LogP contribution in [0.1, 0.15) is 22.3 Å². The Balaban J connectivity index is 1.84. The van der Waals surface area contributed by atoms with E-state index in [9.17, 15) is 10.2 Å². The van der Waals surface area contributed by atoms with E-state index < -0.39 is 0 Å². The highest BCUT2D eigenvalue weighted by Gasteiger charge is 2.12. The van der Waals surface area contributed by atoms with Gasteiger partial charge in [0.15, 0.2) is 0 Å². The maximum absolute atomic E-state index is 10.1. The Bertz CT molecular complexity index is 1240. The van der Waals surface area contributed by atoms with Crippen molar-refractivity contribution in [3.05, 3.63) is 119 Å². The van der Waals surface area contributed by atoms with Gasteiger partial charge in [0.05, 0.1) is 14.2 Å². The van der Waals surface area contributed by atoms with Crippen LogP contribution in [0, 0.1) is 0 Å². The standard InChI is InChI=1S/C30H26O5/c1-33-27-15-21(13-25(31)19-27)17-29(23-9-5-3-6-10-23)35-30(24-11-7-4-8-12-24)18-22-14-26(32)20-28(16-22)34-2/h3-20,31-32H,1-2H3/b29-17+,30-18+. The Labute approximate surface area is 204 Å². The van der Waals surface area contributed by atoms with Gasteiger partial charge in [0.25, 0.3) is 0 Å². The fraction of sp³-hybridized carbons (Fsp3) is 0.0667. The number of hydrogen-bond acceptors (Lipinski definition) is 5. The second-order valence-corrected chi connectivity index (χ2v) is 7.78. The average molecular weight is 467 g/mol. The number of rotatable bonds is 8. The molecule has 0 unspecified atom stereocenters. The number of hydrogen-bond donors (Lipinski definition) is 2. The van der Waals surface area contributed by atoms with Crippen molar-refractivity contribution in [3.8, 4) is 23.0 Å². The number of phenolic OH excluding ortho intramolecular Hbond substituents is 2. The van der Waals surface area contributed by atoms with Crippen LogP contribution >= 0.6 is 0 Å². The minimum absolute atomic E-state index is 0.0914. The Kier molecular flexibility index (Phi) is 7.38. The molecule has 4 aromatic rings. The lowest BCUT2D eigenvalue weighted by Gasteiger charge is -2.15. The smallest absolute Gasteiger partial charge is 0.135 e. The van der Waals surface area contributed by atoms with Gasteiger partial charge in [0.2, 0.25) is 0 Å². The maximum atomic E-state index is 10.1. The molecule has 0 saturated heterocycles. The van der Waals surface area contributed by atoms with Crippen molar-refractivity contribution in [2.24, 2.45) is 0 Å². The quantitative estimate of drug-likeness (QED) is 0.220. The largest absolute Gasteiger partial charge is 0.508 e. The topological polar surface area (TPSA) is 68.2 Å². The fourth-order valence-corrected chi connectivity index (χ4v) is 3.58. The summed E-state index contributed by atoms with van der Waals surface area (Å²) in [7, 11) is 3.10. The zero-order chi connectivity index (χ0) is 24.6. The minimum Gasteiger partial charge on any atom is -0.508 e. The zero-order valence-electron chi connectivity index (χ0n) is 19.5. The van der Waals surface area contributed by atoms with Crippen LogP contribution in [0.2, 0.25) is 0 Å². The molecule has 0 aliphatic heterocycles. The van der Waals surface area contributed by atoms with E-state index in [-0.39, 0.29) is 11.5 Å². The zero-order valence-corrected chi connectivity index (χ0v) is 19.5. The van der Waals surface area contributed by atoms with E-state index in [1.807, 2.05) is 84.9 Å². The molecule has 4 rings (SSSR count). The molecular formula is C30H26O5. The van der Waals surface area contributed by atoms with Crippen molar-refractivity contribution in [2.75, 3.05) is 14.2 Å². The first-order valence-corrected chi connectivity index (χ1v) is 11.0. The molecule has 0 radical (unpaired) electrons. The summed E-state index contributed by atoms with van der Waals surface area (Å²) in [5.41, 5.74) is 3.13. The molecule has 2 N–H and O–H groups in total. The van der Waals surface area contributed by atoms with Gasteiger partial charge >= 0.3 is 0 Å². The number of ether oxygens (including phenoxy) is 3. The van der Waals surface area contributed by atoms with Crippen molar-refractivity contribution >= 4 is 23.7 Å². The third-order valence-electron chi connectivity index (χ3n) is 5.23. The Hall–Kier alpha value is -4.64. The van der Waals surface area contributed by atoms with Crippen LogP contribution < -0.4 is 9.47 Å². The maximum Gasteiger partial charge on any atom is 0.135 e. The second kappa shape index (κ2) is 11.0. The summed E-state index contributed by atoms with van der Waals surface area (Å²) in [5, 5.41) is 20.3. The van der Waals surface area contributed by atoms with Crippen molar-refractivity contribution in [1.82, 2.24) is 0 Å². The molecule has 5 nitrogen and oxygen atoms in total. The third-order valence-corrected chi connectivity index (χ3v) is 5.23. The molecule has 35 heavy (non-hydrogen) atoms. The molecule has 0 bridgehead atoms. The monoisotopic (exact) mass is 466 g/mol. The summed E-state index contributed by atoms with van der Waals surface area (Å²) < 4.78 is 17.2. The van der Waals surface area contributed by atoms with E-state index in [2.05, 4.69) is 0 Å². The lowest BCUT2D eigenvalue weighted by atomic mass is 10.1. The Morgan fingerprint density at radius 2 is 0.971 bits per heavy atom. The molecule has 5 heteroatoms. The Morgan fingerprint density at radius 1 is 0.571 bits per heavy atom. The highest BCUT2D eigenvalue weighted by Crippen LogP contribution is 2.32. The molecular weight excluding hydrogens is 440 g/mol. The van der Waals surface area contributed by atoms with Gasteiger partial charge in [-0.05, 0) is 47.5 Å². The molecule has 176 valence electrons. The molecule has 0 spiro atoms. The molecule has 4 aromatic carbocycles. The average Bonchev–Trinajstić information content (AvgIpc) is 2.88. The van der Waals surface area contributed by atoms with Crippen LogP contribution in [0.3, 0.4) is 0 Å². The molecule has 0 fully saturated rings. The van der Waals surface area contributed by atoms with Crippen molar-refractivity contribution in [2.45, 2.75) is 0 Å². The van der Waals surface area contributed by atoms with E-state index in [1.54, 1.807) is 38.5 Å². The van der Waals surface area contributed by atoms with Gasteiger partial charge in [-0.1, -0.05) is 60.7 Å². The van der Waals surface area contributed by atoms with Crippen molar-refractivity contribution in [3.63, 3.8) is 0 Å². The lowest BCUT2D eigenvalue weighted by molar-refractivity contribution is 0.407. The fourth-order valence-electron chi connectivity index (χ4n) is 3.58. The summed E-state index contributed by atoms with van der Waals surface area (Å²) in [6, 6.07) is 29.4. The van der Waals surface area contributed by atoms with Crippen LogP contribution in [0.15, 0.2) is 97.1 Å². The first kappa shape index (κ1) is 23.5. The van der Waals surface area contributed by atoms with Crippen LogP contribution in [-0.2, 0) is 4.74 Å². The highest BCUT2D eigenvalue weighted by molar-refractivity contribution is 5.86. The predicted molar refractivity (Wildman–Crippen MR) is 139 cm³/mol. The second-order valence-electron chi connectivity index (χ2n) is 7.78. The molecule has 0 amide bonds. The number of methoxy groups -OCH3 is 2. The molecule has 0 aliphatic rings. The molecule has 0 aromatic heterocycles. The third kappa shape index (κ3) is 6.24. The van der Waals surface area contributed by atoms with E-state index in [0.29, 0.717) is 34.1 Å². The molecule has 0 atom stereocenters. The van der Waals surface area contributed by atoms with E-state index in [1.165, 1.54) is 0 Å². The Morgan fingerprint density at radius 3 is 1.34 bits per heavy atom. The summed E-state index contributed by atoms with van der Waals surface area (Å²) in [5.74, 6) is 2.40. The molecule has 0 heterocycles. The summed E-state index contributed by atoms with van der Waals surface area (Å²) in [6.45, 7) is 0. The number of phenols is 2. The van der Waals surface area contributed by atoms with Crippen molar-refractivity contribution < 1.29 is 24.4 Å². The molecule has 0 saturated carbocycles. The van der Waals surface area contributed by atoms with Crippen LogP contribution in [0.25, 0.3) is 23.7 Å². The van der Waals surface area contributed by atoms with Gasteiger partial charge in [-0.25, -0.2) is 0 Å². The van der Waals surface area contributed by atoms with E-state index in [0.717, 1.165) is 11.1 Å². The van der Waals surface area contributed by atoms with Crippen LogP contribution in [0.5, 0.6) is 23.0 Å². The number of benzene rings is 4. The predicted octanol–water partition coefficient (Wildman–Crippen LogP) is 6.83. The van der Waals surface area contributed by atoms with Gasteiger partial charge in [-0.3, -0.25) is 0 Å². The van der Waals surface area contributed by atoms with Gasteiger partial charge in [0, 0.05) is 23.3 Å². The minimum atomic E-state index is 0.0914. The first-order chi connectivity index (χ1) is 17.0. The van der Waals surface area contributed by atoms with Crippen LogP contribution in [0.4, 0.5) is 0 Å². The normalized spacial score (nSPS) is 11.7. The number of aromatic hydroxyl groups is 2. The summed E-state index contributed by atoms with van der Waals surface area (Å²) in [6.07, 6.45) is 3.69. The van der Waals surface area contributed by atoms with Gasteiger partial charge < -0.3 is 24.4 Å². The van der Waals surface area contributed by atoms with Gasteiger partial charge in [-0.15, -0.1) is 0 Å². The molecule has 0 aliphatic carbocycles. The summed E-state index contributed by atoms with van der Waals surface area (Å²) in [4.78, 5) is 0. The summed E-state index contributed by atoms with van der Waals surface area (Å²) >= 11 is 0. The van der Waals surface area contributed by atoms with E-state index in [4.69, 9.17) is 14.2 Å². The van der Waals surface area contributed by atoms with Crippen molar-refractivity contribution in [1.29, 1.82) is 0 Å². The first-order valence-electron chi connectivity index (χ1n) is 11.0. The van der Waals surface area contributed by atoms with Gasteiger partial charge in [-0.2, -0.15) is 0 Å². The van der Waals surface area contributed by atoms with Gasteiger partial charge in [0.1, 0.15) is 34.5 Å². The SMILES string of the molecule is COc1cc(O)cc(/C=C(/O/C(=C/c2cc(O)cc(OC)c2)c2ccccc2)c2ccccc2)c1. The highest BCUT2D eigenvalue weighted by atomic mass is 16.5. The van der Waals surface area contributed by atoms with E-state index >= 15 is 0 Å². The lowest BCUT2D eigenvalue weighted by Crippen LogP contribution is -1.95.